The zero-order valence-electron chi connectivity index (χ0n) is 11.5. The third-order valence-electron chi connectivity index (χ3n) is 2.90. The van der Waals surface area contributed by atoms with Crippen LogP contribution in [0.15, 0.2) is 30.3 Å². The highest BCUT2D eigenvalue weighted by atomic mass is 35.5. The number of aryl methyl sites for hydroxylation is 2. The second kappa shape index (κ2) is 6.10. The first kappa shape index (κ1) is 15.3. The molecule has 2 aromatic carbocycles. The van der Waals surface area contributed by atoms with Crippen molar-refractivity contribution >= 4 is 17.3 Å². The Morgan fingerprint density at radius 2 is 1.95 bits per heavy atom. The van der Waals surface area contributed by atoms with Crippen molar-refractivity contribution in [1.29, 1.82) is 0 Å². The molecule has 0 radical (unpaired) electrons. The van der Waals surface area contributed by atoms with Gasteiger partial charge in [0.1, 0.15) is 11.6 Å². The fraction of sp³-hybridized carbons (Fsp3) is 0.200. The summed E-state index contributed by atoms with van der Waals surface area (Å²) in [6.45, 7) is 3.47. The highest BCUT2D eigenvalue weighted by Gasteiger charge is 2.19. The van der Waals surface area contributed by atoms with Gasteiger partial charge in [-0.1, -0.05) is 6.07 Å². The molecule has 0 aromatic heterocycles. The highest BCUT2D eigenvalue weighted by Crippen LogP contribution is 2.36. The number of ether oxygens (including phenoxy) is 1. The van der Waals surface area contributed by atoms with E-state index < -0.39 is 10.7 Å². The molecule has 0 heterocycles. The molecule has 2 rings (SSSR count). The van der Waals surface area contributed by atoms with E-state index in [1.165, 1.54) is 18.2 Å². The van der Waals surface area contributed by atoms with Gasteiger partial charge in [-0.2, -0.15) is 0 Å². The molecule has 4 nitrogen and oxygen atoms in total. The number of nitro groups is 1. The summed E-state index contributed by atoms with van der Waals surface area (Å²) in [6.07, 6.45) is 0. The van der Waals surface area contributed by atoms with Crippen molar-refractivity contribution < 1.29 is 14.1 Å². The van der Waals surface area contributed by atoms with Gasteiger partial charge in [-0.05, 0) is 42.7 Å². The summed E-state index contributed by atoms with van der Waals surface area (Å²) < 4.78 is 19.0. The number of nitro benzene ring substituents is 1. The van der Waals surface area contributed by atoms with Gasteiger partial charge in [0.05, 0.1) is 4.92 Å². The average molecular weight is 310 g/mol. The normalized spacial score (nSPS) is 10.5. The topological polar surface area (TPSA) is 52.4 Å². The van der Waals surface area contributed by atoms with Crippen LogP contribution in [0, 0.1) is 29.8 Å². The van der Waals surface area contributed by atoms with Gasteiger partial charge in [-0.15, -0.1) is 11.6 Å². The van der Waals surface area contributed by atoms with E-state index >= 15 is 0 Å². The van der Waals surface area contributed by atoms with Gasteiger partial charge in [0.15, 0.2) is 0 Å². The number of rotatable bonds is 4. The average Bonchev–Trinajstić information content (AvgIpc) is 2.40. The second-order valence-electron chi connectivity index (χ2n) is 4.72. The van der Waals surface area contributed by atoms with Crippen LogP contribution in [-0.2, 0) is 5.88 Å². The van der Waals surface area contributed by atoms with E-state index in [4.69, 9.17) is 16.3 Å². The van der Waals surface area contributed by atoms with Crippen LogP contribution in [0.5, 0.6) is 11.5 Å². The van der Waals surface area contributed by atoms with Crippen LogP contribution >= 0.6 is 11.6 Å². The highest BCUT2D eigenvalue weighted by molar-refractivity contribution is 6.17. The van der Waals surface area contributed by atoms with Crippen LogP contribution in [0.25, 0.3) is 0 Å². The smallest absolute Gasteiger partial charge is 0.312 e. The molecule has 0 atom stereocenters. The first-order valence-electron chi connectivity index (χ1n) is 6.19. The minimum Gasteiger partial charge on any atom is -0.450 e. The van der Waals surface area contributed by atoms with Crippen molar-refractivity contribution in [1.82, 2.24) is 0 Å². The molecule has 0 aliphatic heterocycles. The van der Waals surface area contributed by atoms with E-state index in [1.54, 1.807) is 26.0 Å². The van der Waals surface area contributed by atoms with E-state index in [1.807, 2.05) is 0 Å². The van der Waals surface area contributed by atoms with Crippen LogP contribution in [0.3, 0.4) is 0 Å². The molecule has 0 bridgehead atoms. The molecule has 6 heteroatoms. The molecule has 110 valence electrons. The Kier molecular flexibility index (Phi) is 4.43. The molecule has 0 saturated heterocycles. The molecular formula is C15H13ClFNO3. The molecule has 2 aromatic rings. The number of nitrogens with zero attached hydrogens (tertiary/aromatic N) is 1. The predicted molar refractivity (Wildman–Crippen MR) is 78.6 cm³/mol. The van der Waals surface area contributed by atoms with Gasteiger partial charge < -0.3 is 4.74 Å². The molecular weight excluding hydrogens is 297 g/mol. The Morgan fingerprint density at radius 3 is 2.57 bits per heavy atom. The number of hydrogen-bond acceptors (Lipinski definition) is 3. The summed E-state index contributed by atoms with van der Waals surface area (Å²) in [7, 11) is 0. The lowest BCUT2D eigenvalue weighted by Crippen LogP contribution is -1.97. The summed E-state index contributed by atoms with van der Waals surface area (Å²) in [5.41, 5.74) is 1.76. The first-order valence-corrected chi connectivity index (χ1v) is 6.73. The Morgan fingerprint density at radius 1 is 1.24 bits per heavy atom. The lowest BCUT2D eigenvalue weighted by atomic mass is 10.1. The maximum Gasteiger partial charge on any atom is 0.312 e. The monoisotopic (exact) mass is 309 g/mol. The van der Waals surface area contributed by atoms with E-state index in [-0.39, 0.29) is 23.1 Å². The van der Waals surface area contributed by atoms with E-state index in [9.17, 15) is 14.5 Å². The molecule has 0 unspecified atom stereocenters. The van der Waals surface area contributed by atoms with Crippen molar-refractivity contribution in [3.63, 3.8) is 0 Å². The maximum absolute atomic E-state index is 13.5. The van der Waals surface area contributed by atoms with Crippen LogP contribution in [-0.4, -0.2) is 4.92 Å². The van der Waals surface area contributed by atoms with Crippen molar-refractivity contribution in [2.75, 3.05) is 0 Å². The van der Waals surface area contributed by atoms with Gasteiger partial charge in [0, 0.05) is 18.0 Å². The van der Waals surface area contributed by atoms with Crippen LogP contribution in [0.1, 0.15) is 16.7 Å². The van der Waals surface area contributed by atoms with Crippen LogP contribution in [0.2, 0.25) is 0 Å². The Bertz CT molecular complexity index is 704. The molecule has 0 fully saturated rings. The van der Waals surface area contributed by atoms with E-state index in [2.05, 4.69) is 0 Å². The lowest BCUT2D eigenvalue weighted by Gasteiger charge is -2.11. The Labute approximate surface area is 126 Å². The van der Waals surface area contributed by atoms with Crippen molar-refractivity contribution in [2.24, 2.45) is 0 Å². The van der Waals surface area contributed by atoms with Gasteiger partial charge in [0.25, 0.3) is 0 Å². The minimum absolute atomic E-state index is 0.108. The van der Waals surface area contributed by atoms with Gasteiger partial charge in [-0.25, -0.2) is 4.39 Å². The van der Waals surface area contributed by atoms with Crippen LogP contribution < -0.4 is 4.74 Å². The number of hydrogen-bond donors (Lipinski definition) is 0. The lowest BCUT2D eigenvalue weighted by molar-refractivity contribution is -0.385. The van der Waals surface area contributed by atoms with Crippen molar-refractivity contribution in [3.8, 4) is 11.5 Å². The third-order valence-corrected chi connectivity index (χ3v) is 3.21. The SMILES string of the molecule is Cc1cc(C)c(Oc2cc(F)cc(CCl)c2)c([N+](=O)[O-])c1. The molecule has 0 aliphatic carbocycles. The second-order valence-corrected chi connectivity index (χ2v) is 4.99. The Balaban J connectivity index is 2.48. The predicted octanol–water partition coefficient (Wildman–Crippen LogP) is 4.88. The summed E-state index contributed by atoms with van der Waals surface area (Å²) >= 11 is 5.68. The van der Waals surface area contributed by atoms with Gasteiger partial charge in [0.2, 0.25) is 5.75 Å². The zero-order chi connectivity index (χ0) is 15.6. The summed E-state index contributed by atoms with van der Waals surface area (Å²) in [5, 5.41) is 11.1. The number of halogens is 2. The fourth-order valence-electron chi connectivity index (χ4n) is 2.07. The molecule has 0 amide bonds. The van der Waals surface area contributed by atoms with E-state index in [0.717, 1.165) is 5.56 Å². The fourth-order valence-corrected chi connectivity index (χ4v) is 2.23. The Hall–Kier alpha value is -2.14. The van der Waals surface area contributed by atoms with Crippen LogP contribution in [0.4, 0.5) is 10.1 Å². The summed E-state index contributed by atoms with van der Waals surface area (Å²) in [6, 6.07) is 7.20. The molecule has 21 heavy (non-hydrogen) atoms. The largest absolute Gasteiger partial charge is 0.450 e. The van der Waals surface area contributed by atoms with Gasteiger partial charge in [-0.3, -0.25) is 10.1 Å². The molecule has 0 N–H and O–H groups in total. The molecule has 0 aliphatic rings. The standard InChI is InChI=1S/C15H13ClFNO3/c1-9-3-10(2)15(14(4-9)18(19)20)21-13-6-11(8-16)5-12(17)7-13/h3-7H,8H2,1-2H3. The van der Waals surface area contributed by atoms with Crippen molar-refractivity contribution in [3.05, 3.63) is 63.0 Å². The van der Waals surface area contributed by atoms with Crippen molar-refractivity contribution in [2.45, 2.75) is 19.7 Å². The first-order chi connectivity index (χ1) is 9.90. The molecule has 0 saturated carbocycles. The summed E-state index contributed by atoms with van der Waals surface area (Å²) in [4.78, 5) is 10.6. The quantitative estimate of drug-likeness (QED) is 0.459. The maximum atomic E-state index is 13.5. The van der Waals surface area contributed by atoms with Gasteiger partial charge >= 0.3 is 5.69 Å². The zero-order valence-corrected chi connectivity index (χ0v) is 12.3. The number of benzene rings is 2. The molecule has 0 spiro atoms. The third kappa shape index (κ3) is 3.49. The number of alkyl halides is 1. The minimum atomic E-state index is -0.517. The van der Waals surface area contributed by atoms with E-state index in [0.29, 0.717) is 11.1 Å². The summed E-state index contributed by atoms with van der Waals surface area (Å²) in [5.74, 6) is -0.0868.